The molecule has 1 aliphatic rings. The number of ketones is 1. The molecule has 1 atom stereocenters. The summed E-state index contributed by atoms with van der Waals surface area (Å²) in [4.78, 5) is 23.3. The van der Waals surface area contributed by atoms with Gasteiger partial charge in [0.05, 0.1) is 25.0 Å². The van der Waals surface area contributed by atoms with E-state index in [1.165, 1.54) is 13.2 Å². The molecule has 0 bridgehead atoms. The van der Waals surface area contributed by atoms with Crippen molar-refractivity contribution in [3.05, 3.63) is 59.4 Å². The van der Waals surface area contributed by atoms with Crippen molar-refractivity contribution in [3.63, 3.8) is 0 Å². The summed E-state index contributed by atoms with van der Waals surface area (Å²) < 4.78 is 21.8. The number of Topliss-reactive ketones (excluding diaryl/α,β-unsaturated/α-hetero) is 1. The highest BCUT2D eigenvalue weighted by molar-refractivity contribution is 5.96. The average molecular weight is 467 g/mol. The van der Waals surface area contributed by atoms with Gasteiger partial charge in [-0.1, -0.05) is 13.8 Å². The van der Waals surface area contributed by atoms with E-state index in [1.807, 2.05) is 10.9 Å². The van der Waals surface area contributed by atoms with E-state index in [2.05, 4.69) is 32.2 Å². The van der Waals surface area contributed by atoms with E-state index in [0.717, 1.165) is 37.3 Å². The first-order valence-electron chi connectivity index (χ1n) is 11.7. The minimum atomic E-state index is -0.435. The third kappa shape index (κ3) is 5.41. The molecule has 0 spiro atoms. The number of carbonyl (C=O) groups is 1. The van der Waals surface area contributed by atoms with Gasteiger partial charge in [0.1, 0.15) is 0 Å². The van der Waals surface area contributed by atoms with Crippen LogP contribution in [0.3, 0.4) is 0 Å². The highest BCUT2D eigenvalue weighted by Crippen LogP contribution is 2.26. The summed E-state index contributed by atoms with van der Waals surface area (Å²) in [6.07, 6.45) is 9.63. The van der Waals surface area contributed by atoms with Crippen molar-refractivity contribution in [1.29, 1.82) is 0 Å². The molecule has 3 aromatic rings. The van der Waals surface area contributed by atoms with Crippen LogP contribution in [0.2, 0.25) is 0 Å². The van der Waals surface area contributed by atoms with E-state index < -0.39 is 5.82 Å². The van der Waals surface area contributed by atoms with Gasteiger partial charge in [-0.15, -0.1) is 0 Å². The number of carbonyl (C=O) groups excluding carboxylic acids is 1. The Labute approximate surface area is 199 Å². The maximum absolute atomic E-state index is 14.7. The van der Waals surface area contributed by atoms with Crippen LogP contribution in [0.25, 0.3) is 0 Å². The first kappa shape index (κ1) is 23.8. The Balaban J connectivity index is 1.37. The summed E-state index contributed by atoms with van der Waals surface area (Å²) in [7, 11) is 1.40. The zero-order valence-electron chi connectivity index (χ0n) is 19.9. The third-order valence-electron chi connectivity index (χ3n) is 6.29. The Hall–Kier alpha value is -3.33. The van der Waals surface area contributed by atoms with Crippen LogP contribution in [-0.4, -0.2) is 57.2 Å². The summed E-state index contributed by atoms with van der Waals surface area (Å²) in [5.74, 6) is 0.0897. The topological polar surface area (TPSA) is 85.2 Å². The fourth-order valence-corrected chi connectivity index (χ4v) is 4.23. The van der Waals surface area contributed by atoms with Crippen LogP contribution in [0.5, 0.6) is 5.75 Å². The number of halogens is 1. The van der Waals surface area contributed by atoms with E-state index in [4.69, 9.17) is 4.74 Å². The fourth-order valence-electron chi connectivity index (χ4n) is 4.23. The number of anilines is 2. The third-order valence-corrected chi connectivity index (χ3v) is 6.29. The molecule has 1 fully saturated rings. The number of hydrogen-bond acceptors (Lipinski definition) is 7. The summed E-state index contributed by atoms with van der Waals surface area (Å²) in [6.45, 7) is 7.14. The highest BCUT2D eigenvalue weighted by Gasteiger charge is 2.23. The zero-order valence-corrected chi connectivity index (χ0v) is 19.9. The molecule has 9 heteroatoms. The number of hydrogen-bond donors (Lipinski definition) is 1. The Morgan fingerprint density at radius 1 is 1.21 bits per heavy atom. The molecule has 1 aromatic carbocycles. The number of nitrogens with zero attached hydrogens (tertiary/aromatic N) is 5. The first-order chi connectivity index (χ1) is 16.5. The molecule has 1 saturated heterocycles. The lowest BCUT2D eigenvalue weighted by Gasteiger charge is -2.13. The van der Waals surface area contributed by atoms with Gasteiger partial charge in [-0.3, -0.25) is 9.48 Å². The van der Waals surface area contributed by atoms with Crippen LogP contribution in [-0.2, 0) is 12.8 Å². The monoisotopic (exact) mass is 466 g/mol. The number of nitrogens with one attached hydrogen (secondary N) is 1. The van der Waals surface area contributed by atoms with Crippen molar-refractivity contribution in [2.45, 2.75) is 45.6 Å². The predicted octanol–water partition coefficient (Wildman–Crippen LogP) is 4.21. The van der Waals surface area contributed by atoms with Crippen molar-refractivity contribution in [1.82, 2.24) is 24.6 Å². The molecular weight excluding hydrogens is 435 g/mol. The van der Waals surface area contributed by atoms with Gasteiger partial charge in [-0.25, -0.2) is 14.4 Å². The number of likely N-dealkylation sites (tertiary alicyclic amines) is 1. The fraction of sp³-hybridized carbons (Fsp3) is 0.440. The second-order valence-electron chi connectivity index (χ2n) is 8.51. The van der Waals surface area contributed by atoms with Gasteiger partial charge >= 0.3 is 0 Å². The summed E-state index contributed by atoms with van der Waals surface area (Å²) >= 11 is 0. The largest absolute Gasteiger partial charge is 0.494 e. The molecule has 180 valence electrons. The van der Waals surface area contributed by atoms with Crippen LogP contribution in [0.4, 0.5) is 16.0 Å². The molecule has 0 unspecified atom stereocenters. The quantitative estimate of drug-likeness (QED) is 0.448. The summed E-state index contributed by atoms with van der Waals surface area (Å²) in [6, 6.07) is 3.47. The number of methoxy groups -OCH3 is 1. The number of benzene rings is 1. The lowest BCUT2D eigenvalue weighted by molar-refractivity contribution is 0.0987. The van der Waals surface area contributed by atoms with Crippen LogP contribution in [0.15, 0.2) is 36.9 Å². The van der Waals surface area contributed by atoms with Crippen LogP contribution >= 0.6 is 0 Å². The molecule has 2 aromatic heterocycles. The van der Waals surface area contributed by atoms with E-state index in [0.29, 0.717) is 42.4 Å². The van der Waals surface area contributed by atoms with Crippen LogP contribution < -0.4 is 10.1 Å². The Bertz CT molecular complexity index is 1130. The van der Waals surface area contributed by atoms with Crippen molar-refractivity contribution >= 4 is 17.4 Å². The molecule has 0 aliphatic carbocycles. The first-order valence-corrected chi connectivity index (χ1v) is 11.7. The van der Waals surface area contributed by atoms with E-state index in [-0.39, 0.29) is 11.5 Å². The number of ether oxygens (including phenoxy) is 1. The second kappa shape index (κ2) is 10.7. The molecule has 3 heterocycles. The van der Waals surface area contributed by atoms with E-state index in [9.17, 15) is 9.18 Å². The molecular formula is C25H31FN6O2. The molecule has 34 heavy (non-hydrogen) atoms. The Morgan fingerprint density at radius 3 is 2.68 bits per heavy atom. The number of rotatable bonds is 10. The smallest absolute Gasteiger partial charge is 0.227 e. The standard InChI is InChI=1S/C25H31FN6O2/c1-4-22(33)19-10-18(24(26)23(11-19)34-3)7-6-17-12-27-25(28-13-17)30-20-14-29-32(15-20)21-8-9-31(5-2)16-21/h10-15,21H,4-9,16H2,1-3H3,(H,27,28,30)/t21-/m0/s1. The van der Waals surface area contributed by atoms with Gasteiger partial charge in [-0.2, -0.15) is 5.10 Å². The number of aryl methyl sites for hydroxylation is 2. The highest BCUT2D eigenvalue weighted by atomic mass is 19.1. The number of aromatic nitrogens is 4. The van der Waals surface area contributed by atoms with Crippen molar-refractivity contribution in [3.8, 4) is 5.75 Å². The summed E-state index contributed by atoms with van der Waals surface area (Å²) in [5.41, 5.74) is 2.62. The molecule has 8 nitrogen and oxygen atoms in total. The second-order valence-corrected chi connectivity index (χ2v) is 8.51. The van der Waals surface area contributed by atoms with Crippen LogP contribution in [0, 0.1) is 5.82 Å². The number of likely N-dealkylation sites (N-methyl/N-ethyl adjacent to an activating group) is 1. The zero-order chi connectivity index (χ0) is 24.1. The van der Waals surface area contributed by atoms with Crippen molar-refractivity contribution < 1.29 is 13.9 Å². The molecule has 4 rings (SSSR count). The maximum atomic E-state index is 14.7. The normalized spacial score (nSPS) is 16.1. The van der Waals surface area contributed by atoms with Crippen LogP contribution in [0.1, 0.15) is 54.2 Å². The minimum Gasteiger partial charge on any atom is -0.494 e. The molecule has 0 amide bonds. The van der Waals surface area contributed by atoms with Crippen molar-refractivity contribution in [2.24, 2.45) is 0 Å². The average Bonchev–Trinajstić information content (AvgIpc) is 3.53. The van der Waals surface area contributed by atoms with Gasteiger partial charge < -0.3 is 15.0 Å². The molecule has 1 aliphatic heterocycles. The Kier molecular flexibility index (Phi) is 7.52. The minimum absolute atomic E-state index is 0.0442. The van der Waals surface area contributed by atoms with Gasteiger partial charge in [0.2, 0.25) is 5.95 Å². The summed E-state index contributed by atoms with van der Waals surface area (Å²) in [5, 5.41) is 7.69. The van der Waals surface area contributed by atoms with Gasteiger partial charge in [-0.05, 0) is 49.1 Å². The van der Waals surface area contributed by atoms with Gasteiger partial charge in [0, 0.05) is 43.7 Å². The molecule has 1 N–H and O–H groups in total. The SMILES string of the molecule is CCC(=O)c1cc(CCc2cnc(Nc3cnn([C@H]4CCN(CC)C4)c3)nc2)c(F)c(OC)c1. The van der Waals surface area contributed by atoms with Gasteiger partial charge in [0.15, 0.2) is 17.3 Å². The lowest BCUT2D eigenvalue weighted by Crippen LogP contribution is -2.21. The van der Waals surface area contributed by atoms with E-state index >= 15 is 0 Å². The van der Waals surface area contributed by atoms with Crippen molar-refractivity contribution in [2.75, 3.05) is 32.1 Å². The Morgan fingerprint density at radius 2 is 2.00 bits per heavy atom. The lowest BCUT2D eigenvalue weighted by atomic mass is 10.00. The maximum Gasteiger partial charge on any atom is 0.227 e. The predicted molar refractivity (Wildman–Crippen MR) is 128 cm³/mol. The molecule has 0 radical (unpaired) electrons. The molecule has 0 saturated carbocycles. The van der Waals surface area contributed by atoms with E-state index in [1.54, 1.807) is 31.6 Å². The van der Waals surface area contributed by atoms with Gasteiger partial charge in [0.25, 0.3) is 0 Å².